The molecule has 0 fully saturated rings. The second kappa shape index (κ2) is 4.41. The maximum atomic E-state index is 6.29. The van der Waals surface area contributed by atoms with Gasteiger partial charge in [0.1, 0.15) is 5.82 Å². The highest BCUT2D eigenvalue weighted by Gasteiger charge is 2.17. The normalized spacial score (nSPS) is 11.5. The lowest BCUT2D eigenvalue weighted by molar-refractivity contribution is 0.590. The van der Waals surface area contributed by atoms with Crippen molar-refractivity contribution in [2.45, 2.75) is 26.2 Å². The summed E-state index contributed by atoms with van der Waals surface area (Å²) < 4.78 is 0. The molecule has 2 rings (SSSR count). The van der Waals surface area contributed by atoms with Crippen molar-refractivity contribution in [3.05, 3.63) is 41.0 Å². The van der Waals surface area contributed by atoms with Crippen molar-refractivity contribution >= 4 is 23.1 Å². The molecule has 0 bridgehead atoms. The minimum absolute atomic E-state index is 0.0591. The van der Waals surface area contributed by atoms with Gasteiger partial charge >= 0.3 is 0 Å². The van der Waals surface area contributed by atoms with E-state index in [1.54, 1.807) is 6.20 Å². The Morgan fingerprint density at radius 1 is 1.24 bits per heavy atom. The Kier molecular flexibility index (Phi) is 3.11. The molecule has 0 aliphatic carbocycles. The fourth-order valence-corrected chi connectivity index (χ4v) is 2.15. The minimum Gasteiger partial charge on any atom is -0.341 e. The zero-order chi connectivity index (χ0) is 12.5. The van der Waals surface area contributed by atoms with E-state index in [-0.39, 0.29) is 5.41 Å². The number of hydrogen-bond donors (Lipinski definition) is 2. The molecule has 2 aromatic rings. The summed E-state index contributed by atoms with van der Waals surface area (Å²) in [6.45, 7) is 6.45. The minimum atomic E-state index is 0.0591. The first-order chi connectivity index (χ1) is 7.97. The first-order valence-corrected chi connectivity index (χ1v) is 5.91. The lowest BCUT2D eigenvalue weighted by Crippen LogP contribution is -2.11. The van der Waals surface area contributed by atoms with Gasteiger partial charge in [0.25, 0.3) is 0 Å². The van der Waals surface area contributed by atoms with Gasteiger partial charge in [0, 0.05) is 16.8 Å². The van der Waals surface area contributed by atoms with Crippen molar-refractivity contribution in [2.75, 3.05) is 5.32 Å². The molecule has 90 valence electrons. The Balaban J connectivity index is 2.25. The molecule has 0 saturated carbocycles. The van der Waals surface area contributed by atoms with Gasteiger partial charge in [0.05, 0.1) is 6.20 Å². The molecule has 0 spiro atoms. The smallest absolute Gasteiger partial charge is 0.125 e. The van der Waals surface area contributed by atoms with Gasteiger partial charge in [-0.05, 0) is 23.1 Å². The summed E-state index contributed by atoms with van der Waals surface area (Å²) in [7, 11) is 0. The molecule has 0 amide bonds. The van der Waals surface area contributed by atoms with E-state index in [1.807, 2.05) is 18.2 Å². The number of H-pyrrole nitrogens is 1. The summed E-state index contributed by atoms with van der Waals surface area (Å²) in [6.07, 6.45) is 1.70. The summed E-state index contributed by atoms with van der Waals surface area (Å²) in [5.74, 6) is 0.851. The number of hydrogen-bond acceptors (Lipinski definition) is 2. The number of rotatable bonds is 2. The number of nitrogens with one attached hydrogen (secondary N) is 2. The standard InChI is InChI=1S/C13H16ClN3/c1-13(2,3)10-5-4-9(8-11(10)14)16-12-6-7-15-17-12/h4-8H,1-3H3,(H2,15,16,17). The highest BCUT2D eigenvalue weighted by Crippen LogP contribution is 2.31. The maximum absolute atomic E-state index is 6.29. The zero-order valence-corrected chi connectivity index (χ0v) is 11.0. The number of nitrogens with zero attached hydrogens (tertiary/aromatic N) is 1. The quantitative estimate of drug-likeness (QED) is 0.841. The Morgan fingerprint density at radius 3 is 2.53 bits per heavy atom. The van der Waals surface area contributed by atoms with Crippen molar-refractivity contribution < 1.29 is 0 Å². The van der Waals surface area contributed by atoms with Crippen LogP contribution in [0.15, 0.2) is 30.5 Å². The SMILES string of the molecule is CC(C)(C)c1ccc(Nc2ccn[nH]2)cc1Cl. The summed E-state index contributed by atoms with van der Waals surface area (Å²) in [6, 6.07) is 7.88. The monoisotopic (exact) mass is 249 g/mol. The van der Waals surface area contributed by atoms with E-state index in [0.717, 1.165) is 22.1 Å². The molecule has 0 aliphatic rings. The van der Waals surface area contributed by atoms with Crippen LogP contribution in [0.25, 0.3) is 0 Å². The average Bonchev–Trinajstić information content (AvgIpc) is 2.68. The largest absolute Gasteiger partial charge is 0.341 e. The van der Waals surface area contributed by atoms with Crippen LogP contribution < -0.4 is 5.32 Å². The maximum Gasteiger partial charge on any atom is 0.125 e. The molecule has 4 heteroatoms. The van der Waals surface area contributed by atoms with Crippen molar-refractivity contribution in [3.63, 3.8) is 0 Å². The predicted molar refractivity (Wildman–Crippen MR) is 72.0 cm³/mol. The van der Waals surface area contributed by atoms with Gasteiger partial charge in [0.2, 0.25) is 0 Å². The first-order valence-electron chi connectivity index (χ1n) is 5.53. The summed E-state index contributed by atoms with van der Waals surface area (Å²) >= 11 is 6.29. The lowest BCUT2D eigenvalue weighted by Gasteiger charge is -2.21. The molecule has 0 aliphatic heterocycles. The second-order valence-electron chi connectivity index (χ2n) is 5.04. The van der Waals surface area contributed by atoms with Gasteiger partial charge in [-0.2, -0.15) is 5.10 Å². The van der Waals surface area contributed by atoms with E-state index in [2.05, 4.69) is 42.4 Å². The Labute approximate surface area is 106 Å². The van der Waals surface area contributed by atoms with E-state index >= 15 is 0 Å². The van der Waals surface area contributed by atoms with E-state index in [4.69, 9.17) is 11.6 Å². The zero-order valence-electron chi connectivity index (χ0n) is 10.2. The Bertz CT molecular complexity index is 498. The Hall–Kier alpha value is -1.48. The van der Waals surface area contributed by atoms with Gasteiger partial charge < -0.3 is 5.32 Å². The van der Waals surface area contributed by atoms with Crippen LogP contribution in [-0.4, -0.2) is 10.2 Å². The third-order valence-corrected chi connectivity index (χ3v) is 2.87. The second-order valence-corrected chi connectivity index (χ2v) is 5.45. The summed E-state index contributed by atoms with van der Waals surface area (Å²) in [5, 5.41) is 10.7. The number of aromatic nitrogens is 2. The van der Waals surface area contributed by atoms with Crippen molar-refractivity contribution in [3.8, 4) is 0 Å². The highest BCUT2D eigenvalue weighted by atomic mass is 35.5. The summed E-state index contributed by atoms with van der Waals surface area (Å²) in [5.41, 5.74) is 2.16. The van der Waals surface area contributed by atoms with Crippen molar-refractivity contribution in [1.29, 1.82) is 0 Å². The van der Waals surface area contributed by atoms with Gasteiger partial charge in [-0.1, -0.05) is 38.4 Å². The molecule has 2 N–H and O–H groups in total. The highest BCUT2D eigenvalue weighted by molar-refractivity contribution is 6.31. The van der Waals surface area contributed by atoms with E-state index < -0.39 is 0 Å². The molecule has 0 saturated heterocycles. The molecular weight excluding hydrogens is 234 g/mol. The van der Waals surface area contributed by atoms with Crippen LogP contribution in [0.3, 0.4) is 0 Å². The van der Waals surface area contributed by atoms with Gasteiger partial charge in [0.15, 0.2) is 0 Å². The number of halogens is 1. The summed E-state index contributed by atoms with van der Waals surface area (Å²) in [4.78, 5) is 0. The average molecular weight is 250 g/mol. The molecule has 17 heavy (non-hydrogen) atoms. The number of aromatic amines is 1. The molecular formula is C13H16ClN3. The molecule has 0 radical (unpaired) electrons. The van der Waals surface area contributed by atoms with Crippen LogP contribution >= 0.6 is 11.6 Å². The van der Waals surface area contributed by atoms with Gasteiger partial charge in [-0.25, -0.2) is 0 Å². The topological polar surface area (TPSA) is 40.7 Å². The van der Waals surface area contributed by atoms with Crippen molar-refractivity contribution in [1.82, 2.24) is 10.2 Å². The molecule has 1 heterocycles. The fourth-order valence-electron chi connectivity index (χ4n) is 1.68. The van der Waals surface area contributed by atoms with Crippen LogP contribution in [0.5, 0.6) is 0 Å². The molecule has 1 aromatic carbocycles. The molecule has 3 nitrogen and oxygen atoms in total. The molecule has 1 aromatic heterocycles. The molecule has 0 atom stereocenters. The van der Waals surface area contributed by atoms with E-state index in [1.165, 1.54) is 0 Å². The molecule has 0 unspecified atom stereocenters. The van der Waals surface area contributed by atoms with Crippen LogP contribution in [-0.2, 0) is 5.41 Å². The van der Waals surface area contributed by atoms with Crippen LogP contribution in [0, 0.1) is 0 Å². The van der Waals surface area contributed by atoms with Gasteiger partial charge in [-0.15, -0.1) is 0 Å². The number of anilines is 2. The van der Waals surface area contributed by atoms with Crippen LogP contribution in [0.2, 0.25) is 5.02 Å². The number of benzene rings is 1. The third-order valence-electron chi connectivity index (χ3n) is 2.56. The van der Waals surface area contributed by atoms with Crippen molar-refractivity contribution in [2.24, 2.45) is 0 Å². The van der Waals surface area contributed by atoms with E-state index in [0.29, 0.717) is 0 Å². The van der Waals surface area contributed by atoms with Crippen LogP contribution in [0.4, 0.5) is 11.5 Å². The van der Waals surface area contributed by atoms with E-state index in [9.17, 15) is 0 Å². The third kappa shape index (κ3) is 2.80. The first kappa shape index (κ1) is 12.0. The predicted octanol–water partition coefficient (Wildman–Crippen LogP) is 4.10. The fraction of sp³-hybridized carbons (Fsp3) is 0.308. The lowest BCUT2D eigenvalue weighted by atomic mass is 9.87. The van der Waals surface area contributed by atoms with Crippen LogP contribution in [0.1, 0.15) is 26.3 Å². The van der Waals surface area contributed by atoms with Gasteiger partial charge in [-0.3, -0.25) is 5.10 Å². The Morgan fingerprint density at radius 2 is 2.00 bits per heavy atom.